The van der Waals surface area contributed by atoms with E-state index >= 15 is 0 Å². The van der Waals surface area contributed by atoms with Crippen molar-refractivity contribution in [2.24, 2.45) is 5.92 Å². The molecule has 2 aliphatic rings. The highest BCUT2D eigenvalue weighted by Gasteiger charge is 2.25. The van der Waals surface area contributed by atoms with Gasteiger partial charge in [-0.3, -0.25) is 4.68 Å². The van der Waals surface area contributed by atoms with Gasteiger partial charge in [0.05, 0.1) is 17.8 Å². The molecule has 1 aromatic carbocycles. The topological polar surface area (TPSA) is 33.1 Å². The van der Waals surface area contributed by atoms with Gasteiger partial charge < -0.3 is 10.2 Å². The van der Waals surface area contributed by atoms with Crippen LogP contribution in [0.1, 0.15) is 18.9 Å². The Hall–Kier alpha value is -1.39. The highest BCUT2D eigenvalue weighted by Crippen LogP contribution is 2.26. The summed E-state index contributed by atoms with van der Waals surface area (Å²) in [5, 5.41) is 9.24. The van der Waals surface area contributed by atoms with Crippen molar-refractivity contribution in [3.05, 3.63) is 30.5 Å². The Labute approximate surface area is 119 Å². The molecule has 4 heteroatoms. The molecule has 106 valence electrons. The van der Waals surface area contributed by atoms with Crippen molar-refractivity contribution in [1.29, 1.82) is 0 Å². The number of benzene rings is 1. The van der Waals surface area contributed by atoms with E-state index in [0.29, 0.717) is 6.04 Å². The fraction of sp³-hybridized carbons (Fsp3) is 0.562. The highest BCUT2D eigenvalue weighted by molar-refractivity contribution is 5.78. The van der Waals surface area contributed by atoms with Crippen LogP contribution in [0.4, 0.5) is 0 Å². The minimum Gasteiger partial charge on any atom is -0.316 e. The van der Waals surface area contributed by atoms with Crippen LogP contribution in [-0.2, 0) is 0 Å². The number of hydrogen-bond acceptors (Lipinski definition) is 3. The van der Waals surface area contributed by atoms with Crippen LogP contribution < -0.4 is 5.32 Å². The second-order valence-corrected chi connectivity index (χ2v) is 6.20. The summed E-state index contributed by atoms with van der Waals surface area (Å²) >= 11 is 0. The number of nitrogens with one attached hydrogen (secondary N) is 1. The van der Waals surface area contributed by atoms with Gasteiger partial charge in [0.25, 0.3) is 0 Å². The molecule has 0 bridgehead atoms. The molecule has 2 saturated heterocycles. The van der Waals surface area contributed by atoms with E-state index in [-0.39, 0.29) is 0 Å². The SMILES string of the molecule is c1ccc2c(c1)cnn2C1CCN(CC2CNC2)CC1. The van der Waals surface area contributed by atoms with E-state index < -0.39 is 0 Å². The Morgan fingerprint density at radius 2 is 1.95 bits per heavy atom. The van der Waals surface area contributed by atoms with Crippen LogP contribution in [0.25, 0.3) is 10.9 Å². The molecular formula is C16H22N4. The molecule has 0 aliphatic carbocycles. The number of para-hydroxylation sites is 1. The van der Waals surface area contributed by atoms with E-state index in [1.165, 1.54) is 56.5 Å². The van der Waals surface area contributed by atoms with Crippen LogP contribution in [-0.4, -0.2) is 47.4 Å². The maximum absolute atomic E-state index is 4.62. The second kappa shape index (κ2) is 5.19. The maximum atomic E-state index is 4.62. The number of fused-ring (bicyclic) bond motifs is 1. The molecule has 2 aliphatic heterocycles. The zero-order valence-corrected chi connectivity index (χ0v) is 11.8. The summed E-state index contributed by atoms with van der Waals surface area (Å²) in [4.78, 5) is 2.63. The van der Waals surface area contributed by atoms with Gasteiger partial charge in [-0.1, -0.05) is 18.2 Å². The molecule has 0 atom stereocenters. The van der Waals surface area contributed by atoms with Crippen LogP contribution in [0.5, 0.6) is 0 Å². The summed E-state index contributed by atoms with van der Waals surface area (Å²) in [5.41, 5.74) is 1.29. The minimum atomic E-state index is 0.575. The standard InChI is InChI=1S/C16H22N4/c1-2-4-16-14(3-1)11-18-20(16)15-5-7-19(8-6-15)12-13-9-17-10-13/h1-4,11,13,15,17H,5-10,12H2. The summed E-state index contributed by atoms with van der Waals surface area (Å²) in [6.45, 7) is 6.14. The number of piperidine rings is 1. The average Bonchev–Trinajstić information content (AvgIpc) is 2.88. The van der Waals surface area contributed by atoms with Gasteiger partial charge >= 0.3 is 0 Å². The summed E-state index contributed by atoms with van der Waals surface area (Å²) in [6.07, 6.45) is 4.46. The molecule has 4 rings (SSSR count). The first-order valence-corrected chi connectivity index (χ1v) is 7.75. The van der Waals surface area contributed by atoms with Gasteiger partial charge in [-0.2, -0.15) is 5.10 Å². The van der Waals surface area contributed by atoms with Gasteiger partial charge in [-0.25, -0.2) is 0 Å². The zero-order chi connectivity index (χ0) is 13.4. The van der Waals surface area contributed by atoms with Crippen LogP contribution in [0.2, 0.25) is 0 Å². The number of nitrogens with zero attached hydrogens (tertiary/aromatic N) is 3. The largest absolute Gasteiger partial charge is 0.316 e. The third kappa shape index (κ3) is 2.23. The molecule has 0 radical (unpaired) electrons. The molecule has 0 spiro atoms. The van der Waals surface area contributed by atoms with Crippen LogP contribution in [0, 0.1) is 5.92 Å². The van der Waals surface area contributed by atoms with E-state index in [4.69, 9.17) is 0 Å². The number of aromatic nitrogens is 2. The maximum Gasteiger partial charge on any atom is 0.0685 e. The zero-order valence-electron chi connectivity index (χ0n) is 11.8. The molecule has 0 unspecified atom stereocenters. The van der Waals surface area contributed by atoms with Crippen molar-refractivity contribution in [2.75, 3.05) is 32.7 Å². The van der Waals surface area contributed by atoms with Gasteiger partial charge in [0.15, 0.2) is 0 Å². The van der Waals surface area contributed by atoms with Crippen molar-refractivity contribution in [3.63, 3.8) is 0 Å². The third-order valence-corrected chi connectivity index (χ3v) is 4.79. The molecule has 2 fully saturated rings. The lowest BCUT2D eigenvalue weighted by Gasteiger charge is -2.37. The van der Waals surface area contributed by atoms with Gasteiger partial charge in [0.1, 0.15) is 0 Å². The lowest BCUT2D eigenvalue weighted by molar-refractivity contribution is 0.140. The average molecular weight is 270 g/mol. The van der Waals surface area contributed by atoms with E-state index in [2.05, 4.69) is 44.3 Å². The molecule has 4 nitrogen and oxygen atoms in total. The molecule has 1 N–H and O–H groups in total. The summed E-state index contributed by atoms with van der Waals surface area (Å²) in [7, 11) is 0. The predicted molar refractivity (Wildman–Crippen MR) is 80.8 cm³/mol. The predicted octanol–water partition coefficient (Wildman–Crippen LogP) is 1.89. The molecule has 0 saturated carbocycles. The van der Waals surface area contributed by atoms with Gasteiger partial charge in [-0.05, 0) is 24.8 Å². The molecule has 0 amide bonds. The van der Waals surface area contributed by atoms with Crippen LogP contribution in [0.15, 0.2) is 30.5 Å². The fourth-order valence-corrected chi connectivity index (χ4v) is 3.47. The van der Waals surface area contributed by atoms with Gasteiger partial charge in [-0.15, -0.1) is 0 Å². The lowest BCUT2D eigenvalue weighted by atomic mass is 9.99. The van der Waals surface area contributed by atoms with Gasteiger partial charge in [0.2, 0.25) is 0 Å². The van der Waals surface area contributed by atoms with Crippen molar-refractivity contribution in [1.82, 2.24) is 20.0 Å². The minimum absolute atomic E-state index is 0.575. The third-order valence-electron chi connectivity index (χ3n) is 4.79. The fourth-order valence-electron chi connectivity index (χ4n) is 3.47. The van der Waals surface area contributed by atoms with Crippen LogP contribution in [0.3, 0.4) is 0 Å². The Bertz CT molecular complexity index is 579. The first-order valence-electron chi connectivity index (χ1n) is 7.75. The van der Waals surface area contributed by atoms with E-state index in [1.807, 2.05) is 6.20 Å². The Morgan fingerprint density at radius 3 is 2.70 bits per heavy atom. The molecule has 20 heavy (non-hydrogen) atoms. The number of likely N-dealkylation sites (tertiary alicyclic amines) is 1. The van der Waals surface area contributed by atoms with Crippen molar-refractivity contribution in [3.8, 4) is 0 Å². The number of rotatable bonds is 3. The van der Waals surface area contributed by atoms with Crippen molar-refractivity contribution < 1.29 is 0 Å². The molecule has 2 aromatic rings. The van der Waals surface area contributed by atoms with E-state index in [9.17, 15) is 0 Å². The van der Waals surface area contributed by atoms with Gasteiger partial charge in [0, 0.05) is 38.1 Å². The summed E-state index contributed by atoms with van der Waals surface area (Å²) in [6, 6.07) is 9.11. The van der Waals surface area contributed by atoms with Crippen molar-refractivity contribution in [2.45, 2.75) is 18.9 Å². The number of hydrogen-bond donors (Lipinski definition) is 1. The molecule has 1 aromatic heterocycles. The normalized spacial score (nSPS) is 22.2. The Morgan fingerprint density at radius 1 is 1.15 bits per heavy atom. The highest BCUT2D eigenvalue weighted by atomic mass is 15.3. The summed E-state index contributed by atoms with van der Waals surface area (Å²) in [5.74, 6) is 0.886. The lowest BCUT2D eigenvalue weighted by Crippen LogP contribution is -2.49. The second-order valence-electron chi connectivity index (χ2n) is 6.20. The van der Waals surface area contributed by atoms with Crippen molar-refractivity contribution >= 4 is 10.9 Å². The quantitative estimate of drug-likeness (QED) is 0.924. The smallest absolute Gasteiger partial charge is 0.0685 e. The first kappa shape index (κ1) is 12.4. The van der Waals surface area contributed by atoms with E-state index in [0.717, 1.165) is 5.92 Å². The Balaban J connectivity index is 1.43. The molecule has 3 heterocycles. The Kier molecular flexibility index (Phi) is 3.20. The monoisotopic (exact) mass is 270 g/mol. The molecular weight excluding hydrogens is 248 g/mol. The summed E-state index contributed by atoms with van der Waals surface area (Å²) < 4.78 is 2.25. The van der Waals surface area contributed by atoms with E-state index in [1.54, 1.807) is 0 Å². The first-order chi connectivity index (χ1) is 9.90. The van der Waals surface area contributed by atoms with Crippen LogP contribution >= 0.6 is 0 Å².